The summed E-state index contributed by atoms with van der Waals surface area (Å²) in [5, 5.41) is 11.9. The van der Waals surface area contributed by atoms with Gasteiger partial charge in [0.15, 0.2) is 0 Å². The van der Waals surface area contributed by atoms with Gasteiger partial charge in [-0.25, -0.2) is 4.98 Å². The van der Waals surface area contributed by atoms with Gasteiger partial charge >= 0.3 is 0 Å². The van der Waals surface area contributed by atoms with Crippen molar-refractivity contribution in [1.29, 1.82) is 0 Å². The van der Waals surface area contributed by atoms with E-state index in [0.717, 1.165) is 41.3 Å². The molecular weight excluding hydrogens is 324 g/mol. The molecule has 6 heteroatoms. The summed E-state index contributed by atoms with van der Waals surface area (Å²) in [6.07, 6.45) is 7.11. The van der Waals surface area contributed by atoms with Crippen LogP contribution in [0.5, 0.6) is 0 Å². The summed E-state index contributed by atoms with van der Waals surface area (Å²) in [6, 6.07) is 14.4. The zero-order valence-corrected chi connectivity index (χ0v) is 15.0. The number of aryl methyl sites for hydroxylation is 1. The molecule has 3 aromatic heterocycles. The molecule has 4 aromatic rings. The van der Waals surface area contributed by atoms with Crippen molar-refractivity contribution < 1.29 is 0 Å². The van der Waals surface area contributed by atoms with Crippen LogP contribution in [-0.2, 0) is 6.54 Å². The number of hydrogen-bond acceptors (Lipinski definition) is 4. The van der Waals surface area contributed by atoms with Crippen LogP contribution in [-0.4, -0.2) is 24.4 Å². The van der Waals surface area contributed by atoms with Crippen molar-refractivity contribution in [2.75, 3.05) is 5.32 Å². The molecule has 0 amide bonds. The summed E-state index contributed by atoms with van der Waals surface area (Å²) in [7, 11) is 0. The second-order valence-corrected chi connectivity index (χ2v) is 6.44. The Labute approximate surface area is 152 Å². The lowest BCUT2D eigenvalue weighted by atomic mass is 10.1. The predicted molar refractivity (Wildman–Crippen MR) is 103 cm³/mol. The summed E-state index contributed by atoms with van der Waals surface area (Å²) < 4.78 is 3.92. The molecule has 0 aliphatic heterocycles. The van der Waals surface area contributed by atoms with E-state index in [2.05, 4.69) is 58.7 Å². The molecular formula is C20H22N6. The fourth-order valence-electron chi connectivity index (χ4n) is 2.99. The van der Waals surface area contributed by atoms with Gasteiger partial charge in [0.05, 0.1) is 17.9 Å². The Hall–Kier alpha value is -3.15. The van der Waals surface area contributed by atoms with Crippen LogP contribution in [0.4, 0.5) is 5.69 Å². The topological polar surface area (TPSA) is 60.0 Å². The number of fused-ring (bicyclic) bond motifs is 1. The Morgan fingerprint density at radius 3 is 2.69 bits per heavy atom. The van der Waals surface area contributed by atoms with Gasteiger partial charge in [-0.15, -0.1) is 5.10 Å². The van der Waals surface area contributed by atoms with Gasteiger partial charge in [-0.3, -0.25) is 4.68 Å². The highest BCUT2D eigenvalue weighted by atomic mass is 15.4. The SMILES string of the molecule is CCCn1cc(C(C)Nc2ccc(-c3cn4ccccc4n3)cc2)nn1. The highest BCUT2D eigenvalue weighted by molar-refractivity contribution is 5.65. The average Bonchev–Trinajstić information content (AvgIpc) is 3.29. The first-order valence-corrected chi connectivity index (χ1v) is 8.93. The molecule has 4 rings (SSSR count). The second-order valence-electron chi connectivity index (χ2n) is 6.44. The molecule has 0 aliphatic rings. The van der Waals surface area contributed by atoms with E-state index in [9.17, 15) is 0 Å². The van der Waals surface area contributed by atoms with Crippen LogP contribution in [0.15, 0.2) is 61.1 Å². The van der Waals surface area contributed by atoms with Crippen LogP contribution in [0.25, 0.3) is 16.9 Å². The molecule has 1 N–H and O–H groups in total. The van der Waals surface area contributed by atoms with Crippen molar-refractivity contribution in [3.63, 3.8) is 0 Å². The lowest BCUT2D eigenvalue weighted by molar-refractivity contribution is 0.578. The van der Waals surface area contributed by atoms with Crippen LogP contribution in [0.2, 0.25) is 0 Å². The highest BCUT2D eigenvalue weighted by Crippen LogP contribution is 2.23. The van der Waals surface area contributed by atoms with E-state index < -0.39 is 0 Å². The molecule has 0 saturated carbocycles. The normalized spacial score (nSPS) is 12.4. The molecule has 132 valence electrons. The molecule has 26 heavy (non-hydrogen) atoms. The van der Waals surface area contributed by atoms with Crippen molar-refractivity contribution in [2.45, 2.75) is 32.9 Å². The summed E-state index contributed by atoms with van der Waals surface area (Å²) in [4.78, 5) is 4.66. The fourth-order valence-corrected chi connectivity index (χ4v) is 2.99. The van der Waals surface area contributed by atoms with Crippen molar-refractivity contribution in [3.8, 4) is 11.3 Å². The minimum absolute atomic E-state index is 0.0988. The van der Waals surface area contributed by atoms with Crippen molar-refractivity contribution in [1.82, 2.24) is 24.4 Å². The number of rotatable bonds is 6. The van der Waals surface area contributed by atoms with Crippen LogP contribution < -0.4 is 5.32 Å². The maximum absolute atomic E-state index is 4.66. The third kappa shape index (κ3) is 3.31. The quantitative estimate of drug-likeness (QED) is 0.569. The monoisotopic (exact) mass is 346 g/mol. The highest BCUT2D eigenvalue weighted by Gasteiger charge is 2.10. The molecule has 0 bridgehead atoms. The van der Waals surface area contributed by atoms with Gasteiger partial charge in [-0.1, -0.05) is 30.3 Å². The van der Waals surface area contributed by atoms with Gasteiger partial charge < -0.3 is 9.72 Å². The van der Waals surface area contributed by atoms with Gasteiger partial charge in [0, 0.05) is 30.2 Å². The van der Waals surface area contributed by atoms with Gasteiger partial charge in [0.1, 0.15) is 11.3 Å². The van der Waals surface area contributed by atoms with Gasteiger partial charge in [-0.05, 0) is 37.6 Å². The Bertz CT molecular complexity index is 966. The molecule has 1 atom stereocenters. The van der Waals surface area contributed by atoms with E-state index >= 15 is 0 Å². The molecule has 3 heterocycles. The number of pyridine rings is 1. The van der Waals surface area contributed by atoms with Crippen molar-refractivity contribution in [3.05, 3.63) is 66.7 Å². The first-order chi connectivity index (χ1) is 12.7. The van der Waals surface area contributed by atoms with Crippen molar-refractivity contribution in [2.24, 2.45) is 0 Å². The average molecular weight is 346 g/mol. The van der Waals surface area contributed by atoms with Crippen LogP contribution >= 0.6 is 0 Å². The standard InChI is InChI=1S/C20H22N6/c1-3-11-26-14-18(23-24-26)15(2)21-17-9-7-16(8-10-17)19-13-25-12-5-4-6-20(25)22-19/h4-10,12-15,21H,3,11H2,1-2H3. The molecule has 6 nitrogen and oxygen atoms in total. The predicted octanol–water partition coefficient (Wildman–Crippen LogP) is 4.18. The molecule has 0 saturated heterocycles. The minimum Gasteiger partial charge on any atom is -0.377 e. The second kappa shape index (κ2) is 7.00. The summed E-state index contributed by atoms with van der Waals surface area (Å²) in [5.74, 6) is 0. The van der Waals surface area contributed by atoms with Crippen LogP contribution in [0.1, 0.15) is 32.0 Å². The number of nitrogens with zero attached hydrogens (tertiary/aromatic N) is 5. The Morgan fingerprint density at radius 2 is 1.92 bits per heavy atom. The van der Waals surface area contributed by atoms with Crippen LogP contribution in [0.3, 0.4) is 0 Å². The van der Waals surface area contributed by atoms with Gasteiger partial charge in [0.2, 0.25) is 0 Å². The minimum atomic E-state index is 0.0988. The third-order valence-electron chi connectivity index (χ3n) is 4.38. The first-order valence-electron chi connectivity index (χ1n) is 8.93. The van der Waals surface area contributed by atoms with E-state index in [1.54, 1.807) is 0 Å². The number of nitrogens with one attached hydrogen (secondary N) is 1. The third-order valence-corrected chi connectivity index (χ3v) is 4.38. The zero-order valence-electron chi connectivity index (χ0n) is 15.0. The fraction of sp³-hybridized carbons (Fsp3) is 0.250. The lowest BCUT2D eigenvalue weighted by Gasteiger charge is -2.12. The van der Waals surface area contributed by atoms with E-state index in [4.69, 9.17) is 0 Å². The summed E-state index contributed by atoms with van der Waals surface area (Å²) in [5.41, 5.74) is 5.02. The van der Waals surface area contributed by atoms with E-state index in [-0.39, 0.29) is 6.04 Å². The van der Waals surface area contributed by atoms with Gasteiger partial charge in [-0.2, -0.15) is 0 Å². The molecule has 0 aliphatic carbocycles. The molecule has 1 unspecified atom stereocenters. The lowest BCUT2D eigenvalue weighted by Crippen LogP contribution is -2.07. The number of hydrogen-bond donors (Lipinski definition) is 1. The summed E-state index contributed by atoms with van der Waals surface area (Å²) >= 11 is 0. The Morgan fingerprint density at radius 1 is 1.08 bits per heavy atom. The van der Waals surface area contributed by atoms with E-state index in [1.807, 2.05) is 45.9 Å². The zero-order chi connectivity index (χ0) is 17.9. The van der Waals surface area contributed by atoms with Gasteiger partial charge in [0.25, 0.3) is 0 Å². The van der Waals surface area contributed by atoms with Crippen molar-refractivity contribution >= 4 is 11.3 Å². The first kappa shape index (κ1) is 16.3. The summed E-state index contributed by atoms with van der Waals surface area (Å²) in [6.45, 7) is 5.12. The Kier molecular flexibility index (Phi) is 4.39. The number of benzene rings is 1. The molecule has 0 fully saturated rings. The number of aromatic nitrogens is 5. The largest absolute Gasteiger partial charge is 0.377 e. The van der Waals surface area contributed by atoms with Crippen LogP contribution in [0, 0.1) is 0 Å². The number of anilines is 1. The maximum atomic E-state index is 4.66. The Balaban J connectivity index is 1.48. The van der Waals surface area contributed by atoms with E-state index in [1.165, 1.54) is 0 Å². The van der Waals surface area contributed by atoms with E-state index in [0.29, 0.717) is 0 Å². The number of imidazole rings is 1. The molecule has 0 radical (unpaired) electrons. The maximum Gasteiger partial charge on any atom is 0.137 e. The smallest absolute Gasteiger partial charge is 0.137 e. The molecule has 0 spiro atoms. The molecule has 1 aromatic carbocycles.